The topological polar surface area (TPSA) is 58.9 Å². The first-order valence-corrected chi connectivity index (χ1v) is 7.54. The highest BCUT2D eigenvalue weighted by atomic mass is 35.5. The highest BCUT2D eigenvalue weighted by Gasteiger charge is 2.24. The second kappa shape index (κ2) is 6.18. The number of rotatable bonds is 4. The Hall–Kier alpha value is -2.11. The molecule has 23 heavy (non-hydrogen) atoms. The van der Waals surface area contributed by atoms with Gasteiger partial charge in [0.05, 0.1) is 16.0 Å². The summed E-state index contributed by atoms with van der Waals surface area (Å²) in [5.74, 6) is -0.884. The van der Waals surface area contributed by atoms with Crippen molar-refractivity contribution in [3.8, 4) is 0 Å². The summed E-state index contributed by atoms with van der Waals surface area (Å²) in [7, 11) is 0. The zero-order valence-electron chi connectivity index (χ0n) is 11.7. The maximum absolute atomic E-state index is 13.3. The van der Waals surface area contributed by atoms with E-state index in [9.17, 15) is 14.5 Å². The molecule has 0 aliphatic rings. The standard InChI is InChI=1S/C16H11Cl2FN2O2/c17-14-4-1-9(5-15(14)18)13(8-21(22)23)12-7-20-16-6-10(19)2-3-11(12)16/h1-7,13,20H,8H2. The molecule has 0 bridgehead atoms. The number of hydrogen-bond acceptors (Lipinski definition) is 2. The van der Waals surface area contributed by atoms with E-state index in [0.717, 1.165) is 10.9 Å². The summed E-state index contributed by atoms with van der Waals surface area (Å²) in [6, 6.07) is 9.25. The largest absolute Gasteiger partial charge is 0.361 e. The molecule has 1 unspecified atom stereocenters. The molecule has 4 nitrogen and oxygen atoms in total. The second-order valence-corrected chi connectivity index (χ2v) is 5.99. The Morgan fingerprint density at radius 1 is 1.17 bits per heavy atom. The van der Waals surface area contributed by atoms with Crippen LogP contribution in [0.2, 0.25) is 10.0 Å². The van der Waals surface area contributed by atoms with Crippen LogP contribution in [0.4, 0.5) is 4.39 Å². The van der Waals surface area contributed by atoms with Gasteiger partial charge in [-0.3, -0.25) is 10.1 Å². The van der Waals surface area contributed by atoms with Crippen LogP contribution in [0.5, 0.6) is 0 Å². The average molecular weight is 353 g/mol. The van der Waals surface area contributed by atoms with Crippen LogP contribution in [0.15, 0.2) is 42.6 Å². The van der Waals surface area contributed by atoms with E-state index in [-0.39, 0.29) is 17.3 Å². The second-order valence-electron chi connectivity index (χ2n) is 5.18. The van der Waals surface area contributed by atoms with E-state index in [1.807, 2.05) is 0 Å². The molecule has 7 heteroatoms. The van der Waals surface area contributed by atoms with Crippen molar-refractivity contribution in [1.82, 2.24) is 4.98 Å². The van der Waals surface area contributed by atoms with Crippen molar-refractivity contribution >= 4 is 34.1 Å². The summed E-state index contributed by atoms with van der Waals surface area (Å²) < 4.78 is 13.3. The molecule has 3 rings (SSSR count). The quantitative estimate of drug-likeness (QED) is 0.529. The van der Waals surface area contributed by atoms with Gasteiger partial charge in [0.15, 0.2) is 0 Å². The summed E-state index contributed by atoms with van der Waals surface area (Å²) >= 11 is 12.0. The normalized spacial score (nSPS) is 12.5. The highest BCUT2D eigenvalue weighted by Crippen LogP contribution is 2.34. The molecule has 2 aromatic carbocycles. The third kappa shape index (κ3) is 3.16. The van der Waals surface area contributed by atoms with Crippen LogP contribution < -0.4 is 0 Å². The molecule has 1 atom stereocenters. The van der Waals surface area contributed by atoms with Gasteiger partial charge in [-0.15, -0.1) is 0 Å². The molecule has 0 radical (unpaired) electrons. The maximum atomic E-state index is 13.3. The van der Waals surface area contributed by atoms with Crippen LogP contribution in [0.25, 0.3) is 10.9 Å². The fraction of sp³-hybridized carbons (Fsp3) is 0.125. The first kappa shape index (κ1) is 15.8. The minimum Gasteiger partial charge on any atom is -0.361 e. The number of nitrogens with zero attached hydrogens (tertiary/aromatic N) is 1. The predicted octanol–water partition coefficient (Wildman–Crippen LogP) is 5.02. The Morgan fingerprint density at radius 2 is 1.96 bits per heavy atom. The Morgan fingerprint density at radius 3 is 2.65 bits per heavy atom. The van der Waals surface area contributed by atoms with Gasteiger partial charge in [0.2, 0.25) is 6.54 Å². The van der Waals surface area contributed by atoms with Crippen molar-refractivity contribution in [2.75, 3.05) is 6.54 Å². The Labute approximate surface area is 141 Å². The van der Waals surface area contributed by atoms with Crippen LogP contribution in [-0.2, 0) is 0 Å². The Kier molecular flexibility index (Phi) is 4.24. The number of H-pyrrole nitrogens is 1. The monoisotopic (exact) mass is 352 g/mol. The van der Waals surface area contributed by atoms with Crippen molar-refractivity contribution in [3.05, 3.63) is 79.7 Å². The highest BCUT2D eigenvalue weighted by molar-refractivity contribution is 6.42. The first-order chi connectivity index (χ1) is 11.0. The van der Waals surface area contributed by atoms with Gasteiger partial charge in [-0.25, -0.2) is 4.39 Å². The third-order valence-corrected chi connectivity index (χ3v) is 4.47. The Balaban J connectivity index is 2.14. The van der Waals surface area contributed by atoms with Crippen molar-refractivity contribution in [1.29, 1.82) is 0 Å². The summed E-state index contributed by atoms with van der Waals surface area (Å²) in [4.78, 5) is 13.7. The van der Waals surface area contributed by atoms with Crippen LogP contribution >= 0.6 is 23.2 Å². The van der Waals surface area contributed by atoms with E-state index in [0.29, 0.717) is 21.1 Å². The zero-order chi connectivity index (χ0) is 16.6. The summed E-state index contributed by atoms with van der Waals surface area (Å²) in [5.41, 5.74) is 1.99. The number of aromatic nitrogens is 1. The minimum absolute atomic E-state index is 0.303. The van der Waals surface area contributed by atoms with Crippen molar-refractivity contribution in [2.24, 2.45) is 0 Å². The van der Waals surface area contributed by atoms with Crippen molar-refractivity contribution < 1.29 is 9.31 Å². The van der Waals surface area contributed by atoms with E-state index < -0.39 is 5.92 Å². The lowest BCUT2D eigenvalue weighted by molar-refractivity contribution is -0.481. The molecule has 0 spiro atoms. The number of benzene rings is 2. The van der Waals surface area contributed by atoms with Gasteiger partial charge in [-0.05, 0) is 41.5 Å². The van der Waals surface area contributed by atoms with Crippen molar-refractivity contribution in [2.45, 2.75) is 5.92 Å². The van der Waals surface area contributed by atoms with E-state index in [1.54, 1.807) is 30.5 Å². The van der Waals surface area contributed by atoms with Crippen molar-refractivity contribution in [3.63, 3.8) is 0 Å². The van der Waals surface area contributed by atoms with Gasteiger partial charge in [0, 0.05) is 22.0 Å². The zero-order valence-corrected chi connectivity index (χ0v) is 13.2. The summed E-state index contributed by atoms with van der Waals surface area (Å²) in [6.45, 7) is -0.303. The smallest absolute Gasteiger partial charge is 0.214 e. The van der Waals surface area contributed by atoms with Gasteiger partial charge in [-0.1, -0.05) is 29.3 Å². The molecule has 0 amide bonds. The van der Waals surface area contributed by atoms with Gasteiger partial charge in [-0.2, -0.15) is 0 Å². The SMILES string of the molecule is O=[N+]([O-])CC(c1ccc(Cl)c(Cl)c1)c1c[nH]c2cc(F)ccc12. The number of halogens is 3. The third-order valence-electron chi connectivity index (χ3n) is 3.73. The van der Waals surface area contributed by atoms with Crippen LogP contribution in [0.1, 0.15) is 17.0 Å². The summed E-state index contributed by atoms with van der Waals surface area (Å²) in [5, 5.41) is 12.6. The fourth-order valence-electron chi connectivity index (χ4n) is 2.67. The number of nitro groups is 1. The molecule has 0 saturated heterocycles. The van der Waals surface area contributed by atoms with E-state index in [4.69, 9.17) is 23.2 Å². The first-order valence-electron chi connectivity index (χ1n) is 6.79. The molecule has 0 fully saturated rings. The van der Waals surface area contributed by atoms with Gasteiger partial charge >= 0.3 is 0 Å². The average Bonchev–Trinajstić information content (AvgIpc) is 2.90. The molecule has 3 aromatic rings. The van der Waals surface area contributed by atoms with Crippen LogP contribution in [-0.4, -0.2) is 16.5 Å². The van der Waals surface area contributed by atoms with Crippen LogP contribution in [0, 0.1) is 15.9 Å². The van der Waals surface area contributed by atoms with Gasteiger partial charge in [0.25, 0.3) is 0 Å². The maximum Gasteiger partial charge on any atom is 0.214 e. The van der Waals surface area contributed by atoms with Crippen LogP contribution in [0.3, 0.4) is 0 Å². The number of fused-ring (bicyclic) bond motifs is 1. The van der Waals surface area contributed by atoms with Gasteiger partial charge in [0.1, 0.15) is 5.82 Å². The molecule has 1 aromatic heterocycles. The molecule has 0 aliphatic heterocycles. The lowest BCUT2D eigenvalue weighted by Gasteiger charge is -2.14. The van der Waals surface area contributed by atoms with E-state index in [2.05, 4.69) is 4.98 Å². The fourth-order valence-corrected chi connectivity index (χ4v) is 2.98. The molecule has 1 heterocycles. The lowest BCUT2D eigenvalue weighted by atomic mass is 9.91. The molecule has 118 valence electrons. The molecule has 0 aliphatic carbocycles. The minimum atomic E-state index is -0.515. The lowest BCUT2D eigenvalue weighted by Crippen LogP contribution is -2.13. The Bertz CT molecular complexity index is 895. The molecule has 0 saturated carbocycles. The van der Waals surface area contributed by atoms with E-state index in [1.165, 1.54) is 12.1 Å². The van der Waals surface area contributed by atoms with E-state index >= 15 is 0 Å². The molecular formula is C16H11Cl2FN2O2. The molecular weight excluding hydrogens is 342 g/mol. The molecule has 1 N–H and O–H groups in total. The number of aromatic amines is 1. The van der Waals surface area contributed by atoms with Gasteiger partial charge < -0.3 is 4.98 Å². The number of hydrogen-bond donors (Lipinski definition) is 1. The summed E-state index contributed by atoms with van der Waals surface area (Å²) in [6.07, 6.45) is 1.67. The predicted molar refractivity (Wildman–Crippen MR) is 88.4 cm³/mol. The number of nitrogens with one attached hydrogen (secondary N) is 1.